The summed E-state index contributed by atoms with van der Waals surface area (Å²) in [5.74, 6) is -1.09. The van der Waals surface area contributed by atoms with E-state index in [9.17, 15) is 14.0 Å². The first-order valence-corrected chi connectivity index (χ1v) is 11.9. The van der Waals surface area contributed by atoms with Gasteiger partial charge in [-0.2, -0.15) is 0 Å². The van der Waals surface area contributed by atoms with E-state index in [0.717, 1.165) is 16.0 Å². The lowest BCUT2D eigenvalue weighted by Gasteiger charge is -2.31. The maximum atomic E-state index is 14.2. The molecule has 0 fully saturated rings. The highest BCUT2D eigenvalue weighted by Gasteiger charge is 2.33. The van der Waals surface area contributed by atoms with Gasteiger partial charge in [0.1, 0.15) is 11.9 Å². The molecule has 0 bridgehead atoms. The van der Waals surface area contributed by atoms with Crippen molar-refractivity contribution in [3.8, 4) is 0 Å². The summed E-state index contributed by atoms with van der Waals surface area (Å²) < 4.78 is 14.2. The van der Waals surface area contributed by atoms with Gasteiger partial charge in [-0.25, -0.2) is 4.39 Å². The number of hydrogen-bond acceptors (Lipinski definition) is 3. The van der Waals surface area contributed by atoms with Gasteiger partial charge in [-0.1, -0.05) is 72.3 Å². The Bertz CT molecular complexity index is 1240. The van der Waals surface area contributed by atoms with Crippen LogP contribution in [0.1, 0.15) is 27.6 Å². The van der Waals surface area contributed by atoms with Gasteiger partial charge in [-0.05, 0) is 47.7 Å². The van der Waals surface area contributed by atoms with Crippen LogP contribution in [0.4, 0.5) is 10.1 Å². The summed E-state index contributed by atoms with van der Waals surface area (Å²) in [6.07, 6.45) is 0.114. The molecule has 1 heterocycles. The number of carbonyl (C=O) groups is 2. The van der Waals surface area contributed by atoms with Crippen molar-refractivity contribution in [3.05, 3.63) is 124 Å². The van der Waals surface area contributed by atoms with Gasteiger partial charge in [0.25, 0.3) is 0 Å². The van der Waals surface area contributed by atoms with Crippen molar-refractivity contribution in [1.82, 2.24) is 5.32 Å². The average molecular weight is 473 g/mol. The second-order valence-corrected chi connectivity index (χ2v) is 9.05. The van der Waals surface area contributed by atoms with Crippen LogP contribution >= 0.6 is 11.3 Å². The molecule has 0 saturated carbocycles. The van der Waals surface area contributed by atoms with Gasteiger partial charge in [0.05, 0.1) is 6.42 Å². The zero-order valence-electron chi connectivity index (χ0n) is 18.8. The van der Waals surface area contributed by atoms with Gasteiger partial charge < -0.3 is 5.32 Å². The molecule has 1 atom stereocenters. The fraction of sp³-hybridized carbons (Fsp3) is 0.143. The Hall–Kier alpha value is -3.77. The molecule has 0 aliphatic rings. The number of benzene rings is 3. The molecular weight excluding hydrogens is 447 g/mol. The number of rotatable bonds is 8. The summed E-state index contributed by atoms with van der Waals surface area (Å²) in [5.41, 5.74) is 2.97. The topological polar surface area (TPSA) is 49.4 Å². The summed E-state index contributed by atoms with van der Waals surface area (Å²) in [5, 5.41) is 4.87. The maximum Gasteiger partial charge on any atom is 0.248 e. The van der Waals surface area contributed by atoms with Crippen LogP contribution in [0, 0.1) is 12.7 Å². The van der Waals surface area contributed by atoms with E-state index < -0.39 is 11.9 Å². The second-order valence-electron chi connectivity index (χ2n) is 8.02. The molecule has 0 spiro atoms. The average Bonchev–Trinajstić information content (AvgIpc) is 3.35. The number of carbonyl (C=O) groups excluding carboxylic acids is 2. The molecule has 4 nitrogen and oxygen atoms in total. The van der Waals surface area contributed by atoms with Crippen molar-refractivity contribution in [2.75, 3.05) is 4.90 Å². The molecule has 1 aromatic heterocycles. The first-order valence-electron chi connectivity index (χ1n) is 11.0. The van der Waals surface area contributed by atoms with Crippen molar-refractivity contribution in [1.29, 1.82) is 0 Å². The smallest absolute Gasteiger partial charge is 0.248 e. The summed E-state index contributed by atoms with van der Waals surface area (Å²) in [6.45, 7) is 2.28. The number of amides is 2. The number of aryl methyl sites for hydroxylation is 1. The standard InChI is InChI=1S/C28H25FN2O2S/c1-20-12-14-22(15-13-20)27(28(33)30-19-21-7-3-2-4-8-21)31(24-10-5-9-23(29)17-24)26(32)18-25-11-6-16-34-25/h2-17,27H,18-19H2,1H3,(H,30,33). The third-order valence-corrected chi connectivity index (χ3v) is 6.35. The molecule has 0 radical (unpaired) electrons. The molecule has 4 rings (SSSR count). The molecule has 0 aliphatic heterocycles. The molecular formula is C28H25FN2O2S. The Balaban J connectivity index is 1.73. The maximum absolute atomic E-state index is 14.2. The zero-order chi connectivity index (χ0) is 23.9. The lowest BCUT2D eigenvalue weighted by molar-refractivity contribution is -0.126. The fourth-order valence-corrected chi connectivity index (χ4v) is 4.45. The van der Waals surface area contributed by atoms with Gasteiger partial charge >= 0.3 is 0 Å². The quantitative estimate of drug-likeness (QED) is 0.351. The molecule has 172 valence electrons. The number of hydrogen-bond donors (Lipinski definition) is 1. The highest BCUT2D eigenvalue weighted by atomic mass is 32.1. The van der Waals surface area contributed by atoms with Gasteiger partial charge in [0, 0.05) is 17.1 Å². The summed E-state index contributed by atoms with van der Waals surface area (Å²) in [4.78, 5) is 29.5. The predicted octanol–water partition coefficient (Wildman–Crippen LogP) is 5.83. The van der Waals surface area contributed by atoms with Crippen LogP contribution in [0.3, 0.4) is 0 Å². The summed E-state index contributed by atoms with van der Waals surface area (Å²) >= 11 is 1.47. The van der Waals surface area contributed by atoms with Crippen LogP contribution in [0.15, 0.2) is 96.4 Å². The summed E-state index contributed by atoms with van der Waals surface area (Å²) in [7, 11) is 0. The molecule has 6 heteroatoms. The van der Waals surface area contributed by atoms with E-state index in [1.165, 1.54) is 28.4 Å². The van der Waals surface area contributed by atoms with Gasteiger partial charge in [-0.3, -0.25) is 14.5 Å². The van der Waals surface area contributed by atoms with Crippen molar-refractivity contribution < 1.29 is 14.0 Å². The van der Waals surface area contributed by atoms with Gasteiger partial charge in [-0.15, -0.1) is 11.3 Å². The van der Waals surface area contributed by atoms with Crippen molar-refractivity contribution in [2.45, 2.75) is 25.9 Å². The molecule has 34 heavy (non-hydrogen) atoms. The summed E-state index contributed by atoms with van der Waals surface area (Å²) in [6, 6.07) is 25.7. The minimum Gasteiger partial charge on any atom is -0.350 e. The monoisotopic (exact) mass is 472 g/mol. The third-order valence-electron chi connectivity index (χ3n) is 5.47. The van der Waals surface area contributed by atoms with Gasteiger partial charge in [0.2, 0.25) is 11.8 Å². The van der Waals surface area contributed by atoms with Crippen LogP contribution in [0.25, 0.3) is 0 Å². The van der Waals surface area contributed by atoms with E-state index in [-0.39, 0.29) is 18.2 Å². The minimum absolute atomic E-state index is 0.114. The number of halogens is 1. The zero-order valence-corrected chi connectivity index (χ0v) is 19.6. The third kappa shape index (κ3) is 5.77. The van der Waals surface area contributed by atoms with E-state index in [4.69, 9.17) is 0 Å². The molecule has 2 amide bonds. The predicted molar refractivity (Wildman–Crippen MR) is 134 cm³/mol. The number of anilines is 1. The van der Waals surface area contributed by atoms with E-state index in [0.29, 0.717) is 17.8 Å². The number of thiophene rings is 1. The molecule has 3 aromatic carbocycles. The molecule has 1 unspecified atom stereocenters. The van der Waals surface area contributed by atoms with Crippen LogP contribution in [0.5, 0.6) is 0 Å². The van der Waals surface area contributed by atoms with Gasteiger partial charge in [0.15, 0.2) is 0 Å². The highest BCUT2D eigenvalue weighted by Crippen LogP contribution is 2.30. The molecule has 1 N–H and O–H groups in total. The lowest BCUT2D eigenvalue weighted by atomic mass is 10.0. The Morgan fingerprint density at radius 3 is 2.38 bits per heavy atom. The van der Waals surface area contributed by atoms with Crippen LogP contribution in [-0.2, 0) is 22.6 Å². The normalized spacial score (nSPS) is 11.6. The van der Waals surface area contributed by atoms with Crippen LogP contribution < -0.4 is 10.2 Å². The lowest BCUT2D eigenvalue weighted by Crippen LogP contribution is -2.44. The SMILES string of the molecule is Cc1ccc(C(C(=O)NCc2ccccc2)N(C(=O)Cc2cccs2)c2cccc(F)c2)cc1. The first-order chi connectivity index (χ1) is 16.5. The Labute approximate surface area is 202 Å². The van der Waals surface area contributed by atoms with E-state index >= 15 is 0 Å². The Kier molecular flexibility index (Phi) is 7.50. The van der Waals surface area contributed by atoms with E-state index in [1.807, 2.05) is 79.0 Å². The van der Waals surface area contributed by atoms with E-state index in [2.05, 4.69) is 5.32 Å². The molecule has 4 aromatic rings. The largest absolute Gasteiger partial charge is 0.350 e. The molecule has 0 saturated heterocycles. The van der Waals surface area contributed by atoms with Crippen LogP contribution in [-0.4, -0.2) is 11.8 Å². The second kappa shape index (κ2) is 10.9. The Morgan fingerprint density at radius 2 is 1.71 bits per heavy atom. The van der Waals surface area contributed by atoms with Crippen molar-refractivity contribution in [2.24, 2.45) is 0 Å². The number of nitrogens with one attached hydrogen (secondary N) is 1. The van der Waals surface area contributed by atoms with Crippen molar-refractivity contribution >= 4 is 28.8 Å². The Morgan fingerprint density at radius 1 is 0.941 bits per heavy atom. The first kappa shape index (κ1) is 23.4. The van der Waals surface area contributed by atoms with Crippen molar-refractivity contribution in [3.63, 3.8) is 0 Å². The fourth-order valence-electron chi connectivity index (χ4n) is 3.76. The van der Waals surface area contributed by atoms with E-state index in [1.54, 1.807) is 12.1 Å². The minimum atomic E-state index is -0.960. The highest BCUT2D eigenvalue weighted by molar-refractivity contribution is 7.10. The molecule has 0 aliphatic carbocycles. The number of nitrogens with zero attached hydrogens (tertiary/aromatic N) is 1. The van der Waals surface area contributed by atoms with Crippen LogP contribution in [0.2, 0.25) is 0 Å².